The van der Waals surface area contributed by atoms with Crippen LogP contribution in [0, 0.1) is 0 Å². The SMILES string of the molecule is COC(=O)Cc1ccccc1CN1CCN(C(C)C)CC1. The Labute approximate surface area is 127 Å². The molecule has 0 spiro atoms. The van der Waals surface area contributed by atoms with Gasteiger partial charge in [-0.3, -0.25) is 14.6 Å². The molecule has 1 aromatic carbocycles. The fourth-order valence-corrected chi connectivity index (χ4v) is 2.79. The van der Waals surface area contributed by atoms with Crippen LogP contribution in [0.3, 0.4) is 0 Å². The summed E-state index contributed by atoms with van der Waals surface area (Å²) in [6.45, 7) is 9.84. The van der Waals surface area contributed by atoms with Gasteiger partial charge in [-0.2, -0.15) is 0 Å². The van der Waals surface area contributed by atoms with E-state index in [0.717, 1.165) is 38.3 Å². The molecule has 1 aliphatic rings. The van der Waals surface area contributed by atoms with E-state index < -0.39 is 0 Å². The molecule has 0 atom stereocenters. The first-order chi connectivity index (χ1) is 10.1. The summed E-state index contributed by atoms with van der Waals surface area (Å²) < 4.78 is 4.78. The lowest BCUT2D eigenvalue weighted by atomic mass is 10.0. The number of methoxy groups -OCH3 is 1. The normalized spacial score (nSPS) is 17.1. The first kappa shape index (κ1) is 16.0. The van der Waals surface area contributed by atoms with Gasteiger partial charge in [-0.05, 0) is 25.0 Å². The predicted molar refractivity (Wildman–Crippen MR) is 84.1 cm³/mol. The molecule has 0 unspecified atom stereocenters. The Kier molecular flexibility index (Phi) is 5.76. The number of nitrogens with zero attached hydrogens (tertiary/aromatic N) is 2. The van der Waals surface area contributed by atoms with Gasteiger partial charge in [0.2, 0.25) is 0 Å². The molecule has 1 aromatic rings. The van der Waals surface area contributed by atoms with Gasteiger partial charge in [0.15, 0.2) is 0 Å². The van der Waals surface area contributed by atoms with E-state index in [1.165, 1.54) is 12.7 Å². The number of hydrogen-bond donors (Lipinski definition) is 0. The summed E-state index contributed by atoms with van der Waals surface area (Å²) in [7, 11) is 1.44. The Morgan fingerprint density at radius 1 is 1.14 bits per heavy atom. The number of rotatable bonds is 5. The topological polar surface area (TPSA) is 32.8 Å². The second-order valence-corrected chi connectivity index (χ2v) is 5.93. The van der Waals surface area contributed by atoms with Crippen molar-refractivity contribution in [2.75, 3.05) is 33.3 Å². The average Bonchev–Trinajstić information content (AvgIpc) is 2.49. The Bertz CT molecular complexity index is 466. The second kappa shape index (κ2) is 7.57. The molecule has 116 valence electrons. The maximum atomic E-state index is 11.5. The van der Waals surface area contributed by atoms with E-state index in [9.17, 15) is 4.79 Å². The van der Waals surface area contributed by atoms with Crippen LogP contribution in [-0.2, 0) is 22.5 Å². The quantitative estimate of drug-likeness (QED) is 0.776. The van der Waals surface area contributed by atoms with E-state index in [0.29, 0.717) is 12.5 Å². The molecule has 4 heteroatoms. The average molecular weight is 290 g/mol. The highest BCUT2D eigenvalue weighted by molar-refractivity contribution is 5.72. The fourth-order valence-electron chi connectivity index (χ4n) is 2.79. The lowest BCUT2D eigenvalue weighted by Crippen LogP contribution is -2.48. The van der Waals surface area contributed by atoms with E-state index in [1.54, 1.807) is 0 Å². The molecule has 0 amide bonds. The number of carbonyl (C=O) groups excluding carboxylic acids is 1. The van der Waals surface area contributed by atoms with E-state index >= 15 is 0 Å². The van der Waals surface area contributed by atoms with Gasteiger partial charge in [-0.25, -0.2) is 0 Å². The van der Waals surface area contributed by atoms with E-state index in [1.807, 2.05) is 18.2 Å². The zero-order valence-electron chi connectivity index (χ0n) is 13.3. The van der Waals surface area contributed by atoms with Crippen molar-refractivity contribution in [3.8, 4) is 0 Å². The molecule has 1 aliphatic heterocycles. The summed E-state index contributed by atoms with van der Waals surface area (Å²) in [6.07, 6.45) is 0.360. The van der Waals surface area contributed by atoms with Crippen LogP contribution in [0.4, 0.5) is 0 Å². The lowest BCUT2D eigenvalue weighted by Gasteiger charge is -2.37. The summed E-state index contributed by atoms with van der Waals surface area (Å²) in [5.41, 5.74) is 2.32. The molecule has 1 saturated heterocycles. The van der Waals surface area contributed by atoms with E-state index in [4.69, 9.17) is 4.74 Å². The van der Waals surface area contributed by atoms with Crippen molar-refractivity contribution in [1.29, 1.82) is 0 Å². The zero-order valence-corrected chi connectivity index (χ0v) is 13.3. The Morgan fingerprint density at radius 3 is 2.33 bits per heavy atom. The Hall–Kier alpha value is -1.39. The molecule has 0 aromatic heterocycles. The Morgan fingerprint density at radius 2 is 1.76 bits per heavy atom. The van der Waals surface area contributed by atoms with Gasteiger partial charge in [0.25, 0.3) is 0 Å². The number of esters is 1. The van der Waals surface area contributed by atoms with E-state index in [2.05, 4.69) is 29.7 Å². The highest BCUT2D eigenvalue weighted by Crippen LogP contribution is 2.15. The van der Waals surface area contributed by atoms with E-state index in [-0.39, 0.29) is 5.97 Å². The predicted octanol–water partition coefficient (Wildman–Crippen LogP) is 1.93. The smallest absolute Gasteiger partial charge is 0.309 e. The summed E-state index contributed by atoms with van der Waals surface area (Å²) in [4.78, 5) is 16.5. The standard InChI is InChI=1S/C17H26N2O2/c1-14(2)19-10-8-18(9-11-19)13-16-7-5-4-6-15(16)12-17(20)21-3/h4-7,14H,8-13H2,1-3H3. The number of ether oxygens (including phenoxy) is 1. The van der Waals surface area contributed by atoms with Crippen molar-refractivity contribution in [1.82, 2.24) is 9.80 Å². The van der Waals surface area contributed by atoms with Crippen molar-refractivity contribution in [2.45, 2.75) is 32.9 Å². The summed E-state index contributed by atoms with van der Waals surface area (Å²) in [5, 5.41) is 0. The molecule has 0 saturated carbocycles. The minimum absolute atomic E-state index is 0.174. The minimum atomic E-state index is -0.174. The third kappa shape index (κ3) is 4.55. The molecule has 0 radical (unpaired) electrons. The van der Waals surface area contributed by atoms with Crippen molar-refractivity contribution in [2.24, 2.45) is 0 Å². The first-order valence-corrected chi connectivity index (χ1v) is 7.70. The lowest BCUT2D eigenvalue weighted by molar-refractivity contribution is -0.139. The second-order valence-electron chi connectivity index (χ2n) is 5.93. The number of hydrogen-bond acceptors (Lipinski definition) is 4. The van der Waals surface area contributed by atoms with Crippen LogP contribution in [0.5, 0.6) is 0 Å². The van der Waals surface area contributed by atoms with Gasteiger partial charge in [0, 0.05) is 38.8 Å². The van der Waals surface area contributed by atoms with Gasteiger partial charge in [0.05, 0.1) is 13.5 Å². The molecule has 2 rings (SSSR count). The number of piperazine rings is 1. The van der Waals surface area contributed by atoms with Crippen molar-refractivity contribution in [3.05, 3.63) is 35.4 Å². The molecule has 0 aliphatic carbocycles. The molecule has 21 heavy (non-hydrogen) atoms. The molecule has 0 N–H and O–H groups in total. The van der Waals surface area contributed by atoms with Crippen LogP contribution in [0.2, 0.25) is 0 Å². The van der Waals surface area contributed by atoms with Crippen LogP contribution >= 0.6 is 0 Å². The maximum Gasteiger partial charge on any atom is 0.309 e. The third-order valence-corrected chi connectivity index (χ3v) is 4.21. The molecular formula is C17H26N2O2. The molecule has 0 bridgehead atoms. The van der Waals surface area contributed by atoms with Gasteiger partial charge in [-0.1, -0.05) is 24.3 Å². The molecule has 4 nitrogen and oxygen atoms in total. The Balaban J connectivity index is 1.96. The van der Waals surface area contributed by atoms with Crippen LogP contribution in [-0.4, -0.2) is 55.1 Å². The molecular weight excluding hydrogens is 264 g/mol. The first-order valence-electron chi connectivity index (χ1n) is 7.70. The van der Waals surface area contributed by atoms with Crippen molar-refractivity contribution in [3.63, 3.8) is 0 Å². The number of benzene rings is 1. The van der Waals surface area contributed by atoms with Crippen LogP contribution in [0.25, 0.3) is 0 Å². The van der Waals surface area contributed by atoms with Gasteiger partial charge < -0.3 is 4.74 Å². The highest BCUT2D eigenvalue weighted by atomic mass is 16.5. The van der Waals surface area contributed by atoms with Crippen molar-refractivity contribution >= 4 is 5.97 Å². The van der Waals surface area contributed by atoms with Crippen LogP contribution in [0.1, 0.15) is 25.0 Å². The maximum absolute atomic E-state index is 11.5. The summed E-state index contributed by atoms with van der Waals surface area (Å²) >= 11 is 0. The van der Waals surface area contributed by atoms with Gasteiger partial charge in [-0.15, -0.1) is 0 Å². The zero-order chi connectivity index (χ0) is 15.2. The number of carbonyl (C=O) groups is 1. The fraction of sp³-hybridized carbons (Fsp3) is 0.588. The minimum Gasteiger partial charge on any atom is -0.469 e. The van der Waals surface area contributed by atoms with Gasteiger partial charge in [0.1, 0.15) is 0 Å². The summed E-state index contributed by atoms with van der Waals surface area (Å²) in [5.74, 6) is -0.174. The van der Waals surface area contributed by atoms with Crippen molar-refractivity contribution < 1.29 is 9.53 Å². The molecule has 1 heterocycles. The van der Waals surface area contributed by atoms with Gasteiger partial charge >= 0.3 is 5.97 Å². The highest BCUT2D eigenvalue weighted by Gasteiger charge is 2.19. The third-order valence-electron chi connectivity index (χ3n) is 4.21. The summed E-state index contributed by atoms with van der Waals surface area (Å²) in [6, 6.07) is 8.79. The monoisotopic (exact) mass is 290 g/mol. The van der Waals surface area contributed by atoms with Crippen LogP contribution in [0.15, 0.2) is 24.3 Å². The largest absolute Gasteiger partial charge is 0.469 e. The van der Waals surface area contributed by atoms with Crippen LogP contribution < -0.4 is 0 Å². The molecule has 1 fully saturated rings.